The molecule has 26 heavy (non-hydrogen) atoms. The lowest BCUT2D eigenvalue weighted by Crippen LogP contribution is -2.24. The smallest absolute Gasteiger partial charge is 0.238 e. The van der Waals surface area contributed by atoms with E-state index < -0.39 is 0 Å². The SMILES string of the molecule is Cn1c(CNC(=O)CCc2nc(-c3ccco3)no2)nc2ccccc21. The van der Waals surface area contributed by atoms with Crippen molar-refractivity contribution in [1.29, 1.82) is 0 Å². The van der Waals surface area contributed by atoms with Gasteiger partial charge in [0.05, 0.1) is 23.8 Å². The van der Waals surface area contributed by atoms with E-state index in [1.54, 1.807) is 18.4 Å². The Morgan fingerprint density at radius 3 is 2.88 bits per heavy atom. The summed E-state index contributed by atoms with van der Waals surface area (Å²) < 4.78 is 12.3. The number of hydrogen-bond acceptors (Lipinski definition) is 6. The highest BCUT2D eigenvalue weighted by molar-refractivity contribution is 5.77. The van der Waals surface area contributed by atoms with E-state index in [2.05, 4.69) is 20.4 Å². The largest absolute Gasteiger partial charge is 0.461 e. The Balaban J connectivity index is 1.32. The molecule has 0 aliphatic carbocycles. The maximum Gasteiger partial charge on any atom is 0.238 e. The number of fused-ring (bicyclic) bond motifs is 1. The van der Waals surface area contributed by atoms with Gasteiger partial charge in [-0.3, -0.25) is 4.79 Å². The van der Waals surface area contributed by atoms with Gasteiger partial charge in [0, 0.05) is 19.9 Å². The lowest BCUT2D eigenvalue weighted by atomic mass is 10.3. The first kappa shape index (κ1) is 16.1. The second-order valence-corrected chi connectivity index (χ2v) is 5.84. The van der Waals surface area contributed by atoms with Gasteiger partial charge in [-0.1, -0.05) is 17.3 Å². The number of imidazole rings is 1. The van der Waals surface area contributed by atoms with Crippen LogP contribution in [0.4, 0.5) is 0 Å². The van der Waals surface area contributed by atoms with Crippen molar-refractivity contribution in [3.8, 4) is 11.6 Å². The zero-order chi connectivity index (χ0) is 17.9. The van der Waals surface area contributed by atoms with Crippen LogP contribution in [0, 0.1) is 0 Å². The Morgan fingerprint density at radius 1 is 1.19 bits per heavy atom. The van der Waals surface area contributed by atoms with Gasteiger partial charge in [-0.05, 0) is 24.3 Å². The van der Waals surface area contributed by atoms with Crippen LogP contribution in [0.1, 0.15) is 18.1 Å². The normalized spacial score (nSPS) is 11.1. The summed E-state index contributed by atoms with van der Waals surface area (Å²) in [6, 6.07) is 11.4. The van der Waals surface area contributed by atoms with E-state index in [9.17, 15) is 4.79 Å². The van der Waals surface area contributed by atoms with Gasteiger partial charge >= 0.3 is 0 Å². The molecule has 1 aromatic carbocycles. The first-order chi connectivity index (χ1) is 12.7. The van der Waals surface area contributed by atoms with Gasteiger partial charge in [0.15, 0.2) is 5.76 Å². The Bertz CT molecular complexity index is 1030. The van der Waals surface area contributed by atoms with Crippen LogP contribution in [0.5, 0.6) is 0 Å². The molecule has 4 rings (SSSR count). The number of aromatic nitrogens is 4. The molecule has 132 valence electrons. The van der Waals surface area contributed by atoms with Crippen LogP contribution in [-0.4, -0.2) is 25.6 Å². The molecule has 8 heteroatoms. The summed E-state index contributed by atoms with van der Waals surface area (Å²) in [7, 11) is 1.94. The average molecular weight is 351 g/mol. The third-order valence-electron chi connectivity index (χ3n) is 4.10. The third kappa shape index (κ3) is 3.21. The maximum absolute atomic E-state index is 12.1. The second-order valence-electron chi connectivity index (χ2n) is 5.84. The molecule has 8 nitrogen and oxygen atoms in total. The molecule has 0 spiro atoms. The van der Waals surface area contributed by atoms with Crippen LogP contribution in [0.25, 0.3) is 22.6 Å². The molecule has 4 aromatic rings. The van der Waals surface area contributed by atoms with Crippen LogP contribution in [0.15, 0.2) is 51.6 Å². The number of aryl methyl sites for hydroxylation is 2. The topological polar surface area (TPSA) is 99.0 Å². The van der Waals surface area contributed by atoms with Crippen molar-refractivity contribution < 1.29 is 13.7 Å². The highest BCUT2D eigenvalue weighted by Crippen LogP contribution is 2.16. The van der Waals surface area contributed by atoms with Crippen LogP contribution in [0.2, 0.25) is 0 Å². The first-order valence-corrected chi connectivity index (χ1v) is 8.24. The minimum atomic E-state index is -0.102. The van der Waals surface area contributed by atoms with Gasteiger partial charge in [0.25, 0.3) is 0 Å². The Labute approximate surface area is 148 Å². The molecule has 3 aromatic heterocycles. The van der Waals surface area contributed by atoms with Gasteiger partial charge in [-0.15, -0.1) is 0 Å². The fourth-order valence-electron chi connectivity index (χ4n) is 2.70. The van der Waals surface area contributed by atoms with E-state index in [1.165, 1.54) is 0 Å². The van der Waals surface area contributed by atoms with Crippen molar-refractivity contribution in [2.75, 3.05) is 0 Å². The van der Waals surface area contributed by atoms with Crippen LogP contribution in [-0.2, 0) is 24.8 Å². The summed E-state index contributed by atoms with van der Waals surface area (Å²) in [5.74, 6) is 2.01. The molecule has 3 heterocycles. The third-order valence-corrected chi connectivity index (χ3v) is 4.10. The molecular weight excluding hydrogens is 334 g/mol. The summed E-state index contributed by atoms with van der Waals surface area (Å²) >= 11 is 0. The zero-order valence-electron chi connectivity index (χ0n) is 14.2. The fraction of sp³-hybridized carbons (Fsp3) is 0.222. The Morgan fingerprint density at radius 2 is 2.08 bits per heavy atom. The van der Waals surface area contributed by atoms with Crippen molar-refractivity contribution >= 4 is 16.9 Å². The van der Waals surface area contributed by atoms with Crippen molar-refractivity contribution in [3.63, 3.8) is 0 Å². The number of hydrogen-bond donors (Lipinski definition) is 1. The number of amides is 1. The van der Waals surface area contributed by atoms with E-state index in [4.69, 9.17) is 8.94 Å². The number of rotatable bonds is 6. The molecule has 0 atom stereocenters. The molecule has 0 saturated carbocycles. The minimum Gasteiger partial charge on any atom is -0.461 e. The molecule has 0 radical (unpaired) electrons. The maximum atomic E-state index is 12.1. The molecule has 0 bridgehead atoms. The summed E-state index contributed by atoms with van der Waals surface area (Å²) in [6.07, 6.45) is 2.16. The molecule has 1 N–H and O–H groups in total. The lowest BCUT2D eigenvalue weighted by molar-refractivity contribution is -0.121. The number of nitrogens with zero attached hydrogens (tertiary/aromatic N) is 4. The first-order valence-electron chi connectivity index (χ1n) is 8.24. The molecule has 0 aliphatic heterocycles. The summed E-state index contributed by atoms with van der Waals surface area (Å²) in [6.45, 7) is 0.367. The van der Waals surface area contributed by atoms with E-state index in [0.29, 0.717) is 30.4 Å². The van der Waals surface area contributed by atoms with Crippen molar-refractivity contribution in [1.82, 2.24) is 25.0 Å². The Hall–Kier alpha value is -3.42. The summed E-state index contributed by atoms with van der Waals surface area (Å²) in [4.78, 5) is 20.8. The molecular formula is C18H17N5O3. The number of benzene rings is 1. The van der Waals surface area contributed by atoms with Gasteiger partial charge in [0.2, 0.25) is 17.6 Å². The predicted molar refractivity (Wildman–Crippen MR) is 92.9 cm³/mol. The number of furan rings is 1. The van der Waals surface area contributed by atoms with E-state index in [1.807, 2.05) is 35.9 Å². The average Bonchev–Trinajstić information content (AvgIpc) is 3.39. The number of carbonyl (C=O) groups excluding carboxylic acids is 1. The number of para-hydroxylation sites is 2. The van der Waals surface area contributed by atoms with Crippen LogP contribution < -0.4 is 5.32 Å². The zero-order valence-corrected chi connectivity index (χ0v) is 14.2. The number of carbonyl (C=O) groups is 1. The summed E-state index contributed by atoms with van der Waals surface area (Å²) in [5, 5.41) is 6.72. The lowest BCUT2D eigenvalue weighted by Gasteiger charge is -2.04. The molecule has 1 amide bonds. The molecule has 0 saturated heterocycles. The van der Waals surface area contributed by atoms with Crippen molar-refractivity contribution in [2.45, 2.75) is 19.4 Å². The van der Waals surface area contributed by atoms with E-state index in [0.717, 1.165) is 16.9 Å². The van der Waals surface area contributed by atoms with E-state index >= 15 is 0 Å². The Kier molecular flexibility index (Phi) is 4.22. The quantitative estimate of drug-likeness (QED) is 0.573. The molecule has 0 unspecified atom stereocenters. The standard InChI is InChI=1S/C18H17N5O3/c1-23-13-6-3-2-5-12(13)20-15(23)11-19-16(24)8-9-17-21-18(22-26-17)14-7-4-10-25-14/h2-7,10H,8-9,11H2,1H3,(H,19,24). The highest BCUT2D eigenvalue weighted by atomic mass is 16.5. The number of nitrogens with one attached hydrogen (secondary N) is 1. The van der Waals surface area contributed by atoms with Gasteiger partial charge < -0.3 is 18.8 Å². The fourth-order valence-corrected chi connectivity index (χ4v) is 2.70. The highest BCUT2D eigenvalue weighted by Gasteiger charge is 2.13. The van der Waals surface area contributed by atoms with Crippen LogP contribution >= 0.6 is 0 Å². The predicted octanol–water partition coefficient (Wildman–Crippen LogP) is 2.47. The second kappa shape index (κ2) is 6.83. The van der Waals surface area contributed by atoms with Crippen molar-refractivity contribution in [3.05, 3.63) is 54.4 Å². The molecule has 0 fully saturated rings. The monoisotopic (exact) mass is 351 g/mol. The van der Waals surface area contributed by atoms with Crippen molar-refractivity contribution in [2.24, 2.45) is 7.05 Å². The molecule has 0 aliphatic rings. The van der Waals surface area contributed by atoms with Crippen LogP contribution in [0.3, 0.4) is 0 Å². The summed E-state index contributed by atoms with van der Waals surface area (Å²) in [5.41, 5.74) is 1.95. The van der Waals surface area contributed by atoms with Gasteiger partial charge in [-0.2, -0.15) is 4.98 Å². The van der Waals surface area contributed by atoms with E-state index in [-0.39, 0.29) is 12.3 Å². The van der Waals surface area contributed by atoms with Gasteiger partial charge in [0.1, 0.15) is 5.82 Å². The minimum absolute atomic E-state index is 0.102. The van der Waals surface area contributed by atoms with Gasteiger partial charge in [-0.25, -0.2) is 4.98 Å².